The SMILES string of the molecule is Cc1ccc2cccc(Oc3ncnc(Nc4ccc(N=Nc5ccccc5)cc4)c3[N+](=O)[O-])c2n1. The van der Waals surface area contributed by atoms with Crippen molar-refractivity contribution in [3.8, 4) is 11.6 Å². The zero-order valence-corrected chi connectivity index (χ0v) is 19.1. The van der Waals surface area contributed by atoms with E-state index in [-0.39, 0.29) is 11.7 Å². The number of ether oxygens (including phenoxy) is 1. The van der Waals surface area contributed by atoms with Crippen molar-refractivity contribution in [1.82, 2.24) is 15.0 Å². The van der Waals surface area contributed by atoms with Crippen LogP contribution in [0.1, 0.15) is 5.69 Å². The monoisotopic (exact) mass is 477 g/mol. The molecule has 10 nitrogen and oxygen atoms in total. The van der Waals surface area contributed by atoms with E-state index >= 15 is 0 Å². The Morgan fingerprint density at radius 2 is 1.61 bits per heavy atom. The molecule has 5 rings (SSSR count). The zero-order chi connectivity index (χ0) is 24.9. The molecule has 36 heavy (non-hydrogen) atoms. The number of aryl methyl sites for hydroxylation is 1. The van der Waals surface area contributed by atoms with Gasteiger partial charge in [0.05, 0.1) is 16.3 Å². The molecular formula is C26H19N7O3. The first-order chi connectivity index (χ1) is 17.6. The molecule has 5 aromatic rings. The largest absolute Gasteiger partial charge is 0.431 e. The molecule has 0 amide bonds. The van der Waals surface area contributed by atoms with E-state index in [4.69, 9.17) is 4.74 Å². The molecule has 0 saturated carbocycles. The second-order valence-corrected chi connectivity index (χ2v) is 7.72. The molecule has 0 fully saturated rings. The summed E-state index contributed by atoms with van der Waals surface area (Å²) >= 11 is 0. The van der Waals surface area contributed by atoms with Crippen LogP contribution in [0.4, 0.5) is 28.6 Å². The number of hydrogen-bond donors (Lipinski definition) is 1. The van der Waals surface area contributed by atoms with Crippen molar-refractivity contribution in [2.24, 2.45) is 10.2 Å². The molecular weight excluding hydrogens is 458 g/mol. The second-order valence-electron chi connectivity index (χ2n) is 7.72. The van der Waals surface area contributed by atoms with Gasteiger partial charge in [-0.2, -0.15) is 15.2 Å². The minimum Gasteiger partial charge on any atom is -0.431 e. The second kappa shape index (κ2) is 9.94. The molecule has 176 valence electrons. The highest BCUT2D eigenvalue weighted by Gasteiger charge is 2.26. The van der Waals surface area contributed by atoms with Gasteiger partial charge in [0, 0.05) is 16.8 Å². The van der Waals surface area contributed by atoms with Gasteiger partial charge >= 0.3 is 11.6 Å². The number of nitro groups is 1. The molecule has 0 atom stereocenters. The Balaban J connectivity index is 1.41. The first-order valence-corrected chi connectivity index (χ1v) is 10.9. The molecule has 0 radical (unpaired) electrons. The third kappa shape index (κ3) is 4.97. The van der Waals surface area contributed by atoms with Gasteiger partial charge in [-0.3, -0.25) is 10.1 Å². The van der Waals surface area contributed by atoms with E-state index in [1.807, 2.05) is 55.5 Å². The van der Waals surface area contributed by atoms with Crippen LogP contribution in [0.15, 0.2) is 101 Å². The van der Waals surface area contributed by atoms with E-state index in [1.165, 1.54) is 6.33 Å². The first-order valence-electron chi connectivity index (χ1n) is 10.9. The van der Waals surface area contributed by atoms with Crippen molar-refractivity contribution in [1.29, 1.82) is 0 Å². The first kappa shape index (κ1) is 22.5. The zero-order valence-electron chi connectivity index (χ0n) is 19.1. The van der Waals surface area contributed by atoms with E-state index in [9.17, 15) is 10.1 Å². The van der Waals surface area contributed by atoms with Gasteiger partial charge in [-0.05, 0) is 55.5 Å². The van der Waals surface area contributed by atoms with Crippen LogP contribution in [-0.2, 0) is 0 Å². The highest BCUT2D eigenvalue weighted by molar-refractivity contribution is 5.85. The molecule has 10 heteroatoms. The van der Waals surface area contributed by atoms with Crippen molar-refractivity contribution in [3.05, 3.63) is 107 Å². The molecule has 0 aliphatic rings. The van der Waals surface area contributed by atoms with Crippen molar-refractivity contribution in [3.63, 3.8) is 0 Å². The number of benzene rings is 3. The molecule has 0 aliphatic heterocycles. The van der Waals surface area contributed by atoms with Crippen LogP contribution in [0.3, 0.4) is 0 Å². The highest BCUT2D eigenvalue weighted by Crippen LogP contribution is 2.37. The number of anilines is 2. The predicted molar refractivity (Wildman–Crippen MR) is 136 cm³/mol. The Hall–Kier alpha value is -5.25. The molecule has 2 heterocycles. The van der Waals surface area contributed by atoms with Crippen LogP contribution < -0.4 is 10.1 Å². The van der Waals surface area contributed by atoms with Crippen LogP contribution >= 0.6 is 0 Å². The number of fused-ring (bicyclic) bond motifs is 1. The maximum atomic E-state index is 12.0. The maximum absolute atomic E-state index is 12.0. The fourth-order valence-corrected chi connectivity index (χ4v) is 3.46. The number of aromatic nitrogens is 3. The fourth-order valence-electron chi connectivity index (χ4n) is 3.46. The summed E-state index contributed by atoms with van der Waals surface area (Å²) in [6, 6.07) is 25.5. The predicted octanol–water partition coefficient (Wildman–Crippen LogP) is 7.19. The van der Waals surface area contributed by atoms with E-state index < -0.39 is 10.6 Å². The van der Waals surface area contributed by atoms with Gasteiger partial charge in [0.1, 0.15) is 11.8 Å². The number of para-hydroxylation sites is 1. The highest BCUT2D eigenvalue weighted by atomic mass is 16.6. The molecule has 0 unspecified atom stereocenters. The molecule has 3 aromatic carbocycles. The minimum absolute atomic E-state index is 0.00645. The van der Waals surface area contributed by atoms with Crippen LogP contribution in [-0.4, -0.2) is 19.9 Å². The average Bonchev–Trinajstić information content (AvgIpc) is 2.89. The van der Waals surface area contributed by atoms with Gasteiger partial charge in [-0.1, -0.05) is 36.4 Å². The lowest BCUT2D eigenvalue weighted by atomic mass is 10.2. The number of nitrogens with zero attached hydrogens (tertiary/aromatic N) is 6. The van der Waals surface area contributed by atoms with Crippen molar-refractivity contribution >= 4 is 39.5 Å². The molecule has 0 bridgehead atoms. The Labute approximate surface area is 205 Å². The van der Waals surface area contributed by atoms with Gasteiger partial charge in [0.2, 0.25) is 5.82 Å². The number of rotatable bonds is 7. The summed E-state index contributed by atoms with van der Waals surface area (Å²) in [6.07, 6.45) is 1.21. The van der Waals surface area contributed by atoms with Crippen molar-refractivity contribution < 1.29 is 9.66 Å². The quantitative estimate of drug-likeness (QED) is 0.149. The lowest BCUT2D eigenvalue weighted by molar-refractivity contribution is -0.385. The third-order valence-electron chi connectivity index (χ3n) is 5.17. The summed E-state index contributed by atoms with van der Waals surface area (Å²) in [4.78, 5) is 24.0. The Kier molecular flexibility index (Phi) is 6.22. The van der Waals surface area contributed by atoms with Crippen LogP contribution in [0, 0.1) is 17.0 Å². The summed E-state index contributed by atoms with van der Waals surface area (Å²) in [7, 11) is 0. The van der Waals surface area contributed by atoms with Gasteiger partial charge in [-0.15, -0.1) is 0 Å². The summed E-state index contributed by atoms with van der Waals surface area (Å²) < 4.78 is 5.89. The molecule has 0 spiro atoms. The van der Waals surface area contributed by atoms with Crippen LogP contribution in [0.2, 0.25) is 0 Å². The molecule has 0 aliphatic carbocycles. The smallest absolute Gasteiger partial charge is 0.373 e. The molecule has 1 N–H and O–H groups in total. The maximum Gasteiger partial charge on any atom is 0.373 e. The van der Waals surface area contributed by atoms with Crippen molar-refractivity contribution in [2.75, 3.05) is 5.32 Å². The summed E-state index contributed by atoms with van der Waals surface area (Å²) in [5.41, 5.74) is 2.92. The lowest BCUT2D eigenvalue weighted by Crippen LogP contribution is -2.03. The van der Waals surface area contributed by atoms with Gasteiger partial charge in [-0.25, -0.2) is 9.97 Å². The minimum atomic E-state index is -0.579. The Morgan fingerprint density at radius 1 is 0.861 bits per heavy atom. The van der Waals surface area contributed by atoms with Gasteiger partial charge in [0.25, 0.3) is 0 Å². The van der Waals surface area contributed by atoms with E-state index in [2.05, 4.69) is 30.5 Å². The van der Waals surface area contributed by atoms with Crippen LogP contribution in [0.5, 0.6) is 11.6 Å². The van der Waals surface area contributed by atoms with Gasteiger partial charge in [0.15, 0.2) is 5.75 Å². The number of hydrogen-bond acceptors (Lipinski definition) is 9. The van der Waals surface area contributed by atoms with E-state index in [0.717, 1.165) is 16.8 Å². The molecule has 0 saturated heterocycles. The summed E-state index contributed by atoms with van der Waals surface area (Å²) in [5.74, 6) is 0.159. The van der Waals surface area contributed by atoms with E-state index in [0.29, 0.717) is 22.6 Å². The van der Waals surface area contributed by atoms with E-state index in [1.54, 1.807) is 36.4 Å². The number of pyridine rings is 1. The normalized spacial score (nSPS) is 11.0. The number of azo groups is 1. The molecule has 2 aromatic heterocycles. The van der Waals surface area contributed by atoms with Crippen molar-refractivity contribution in [2.45, 2.75) is 6.92 Å². The van der Waals surface area contributed by atoms with Gasteiger partial charge < -0.3 is 10.1 Å². The fraction of sp³-hybridized carbons (Fsp3) is 0.0385. The lowest BCUT2D eigenvalue weighted by Gasteiger charge is -2.11. The topological polar surface area (TPSA) is 128 Å². The standard InChI is InChI=1S/C26H19N7O3/c1-17-10-11-18-6-5-9-22(23(18)29-17)36-26-24(33(34)35)25(27-16-28-26)30-19-12-14-21(15-13-19)32-31-20-7-3-2-4-8-20/h2-16H,1H3,(H,27,28,30). The number of nitrogens with one attached hydrogen (secondary N) is 1. The average molecular weight is 477 g/mol. The Bertz CT molecular complexity index is 1570. The van der Waals surface area contributed by atoms with Crippen LogP contribution in [0.25, 0.3) is 10.9 Å². The Morgan fingerprint density at radius 3 is 2.36 bits per heavy atom. The summed E-state index contributed by atoms with van der Waals surface area (Å²) in [6.45, 7) is 1.86. The third-order valence-corrected chi connectivity index (χ3v) is 5.17. The summed E-state index contributed by atoms with van der Waals surface area (Å²) in [5, 5.41) is 24.2.